The molecular weight excluding hydrogens is 494 g/mol. The van der Waals surface area contributed by atoms with Crippen molar-refractivity contribution in [1.82, 2.24) is 0 Å². The number of hydrogen-bond acceptors (Lipinski definition) is 5. The van der Waals surface area contributed by atoms with E-state index < -0.39 is 16.6 Å². The summed E-state index contributed by atoms with van der Waals surface area (Å²) < 4.78 is 28.9. The van der Waals surface area contributed by atoms with Gasteiger partial charge in [-0.2, -0.15) is 10.6 Å². The van der Waals surface area contributed by atoms with Gasteiger partial charge < -0.3 is 14.7 Å². The average molecular weight is 524 g/mol. The number of nitrogens with zero attached hydrogens (tertiary/aromatic N) is 1. The quantitative estimate of drug-likeness (QED) is 0.249. The molecule has 0 fully saturated rings. The fourth-order valence-corrected chi connectivity index (χ4v) is 6.83. The third-order valence-corrected chi connectivity index (χ3v) is 8.61. The summed E-state index contributed by atoms with van der Waals surface area (Å²) in [6, 6.07) is 13.4. The summed E-state index contributed by atoms with van der Waals surface area (Å²) in [6.07, 6.45) is 5.74. The maximum atomic E-state index is 11.4. The van der Waals surface area contributed by atoms with Crippen molar-refractivity contribution in [3.63, 3.8) is 0 Å². The maximum Gasteiger partial charge on any atom is 0.331 e. The minimum atomic E-state index is -3.13. The van der Waals surface area contributed by atoms with Gasteiger partial charge in [-0.05, 0) is 47.0 Å². The first-order chi connectivity index (χ1) is 15.2. The summed E-state index contributed by atoms with van der Waals surface area (Å²) in [5.74, 6) is -0.523. The Bertz CT molecular complexity index is 982. The zero-order chi connectivity index (χ0) is 23.4. The Morgan fingerprint density at radius 2 is 1.97 bits per heavy atom. The molecule has 0 spiro atoms. The Morgan fingerprint density at radius 3 is 2.59 bits per heavy atom. The van der Waals surface area contributed by atoms with Crippen molar-refractivity contribution in [3.05, 3.63) is 59.3 Å². The van der Waals surface area contributed by atoms with E-state index in [9.17, 15) is 13.9 Å². The van der Waals surface area contributed by atoms with E-state index in [-0.39, 0.29) is 11.2 Å². The van der Waals surface area contributed by atoms with Crippen LogP contribution in [0.1, 0.15) is 39.5 Å². The Balaban J connectivity index is 2.16. The van der Waals surface area contributed by atoms with Crippen molar-refractivity contribution < 1.29 is 23.7 Å². The number of carboxylic acids is 1. The first-order valence-corrected chi connectivity index (χ1v) is 13.2. The van der Waals surface area contributed by atoms with Gasteiger partial charge in [0.05, 0.1) is 27.4 Å². The molecule has 2 aromatic carbocycles. The van der Waals surface area contributed by atoms with Crippen molar-refractivity contribution >= 4 is 43.9 Å². The summed E-state index contributed by atoms with van der Waals surface area (Å²) in [5, 5.41) is 8.83. The van der Waals surface area contributed by atoms with Crippen LogP contribution >= 0.6 is 26.5 Å². The third kappa shape index (κ3) is 5.49. The van der Waals surface area contributed by atoms with Crippen LogP contribution < -0.4 is 9.64 Å². The van der Waals surface area contributed by atoms with E-state index >= 15 is 0 Å². The van der Waals surface area contributed by atoms with Gasteiger partial charge >= 0.3 is 5.97 Å². The molecule has 6 nitrogen and oxygen atoms in total. The van der Waals surface area contributed by atoms with Crippen LogP contribution in [-0.2, 0) is 4.79 Å². The largest absolute Gasteiger partial charge is 0.478 e. The highest BCUT2D eigenvalue weighted by Crippen LogP contribution is 2.61. The highest BCUT2D eigenvalue weighted by atomic mass is 79.9. The first kappa shape index (κ1) is 24.6. The molecule has 1 aliphatic heterocycles. The van der Waals surface area contributed by atoms with Crippen LogP contribution in [0.5, 0.6) is 5.75 Å². The molecule has 1 atom stereocenters. The van der Waals surface area contributed by atoms with E-state index in [1.165, 1.54) is 0 Å². The highest BCUT2D eigenvalue weighted by molar-refractivity contribution is 9.10. The fraction of sp³-hybridized carbons (Fsp3) is 0.375. The van der Waals surface area contributed by atoms with Crippen molar-refractivity contribution in [1.29, 1.82) is 0 Å². The van der Waals surface area contributed by atoms with Crippen LogP contribution in [0.15, 0.2) is 64.2 Å². The molecule has 0 bridgehead atoms. The molecule has 0 aromatic heterocycles. The van der Waals surface area contributed by atoms with Gasteiger partial charge in [0.2, 0.25) is 0 Å². The molecule has 0 radical (unpaired) electrons. The van der Waals surface area contributed by atoms with Crippen LogP contribution in [0.4, 0.5) is 11.4 Å². The van der Waals surface area contributed by atoms with E-state index in [1.807, 2.05) is 36.4 Å². The van der Waals surface area contributed by atoms with E-state index in [4.69, 9.17) is 9.84 Å². The number of fused-ring (bicyclic) bond motifs is 1. The molecule has 3 N–H and O–H groups in total. The minimum absolute atomic E-state index is 0.263. The molecule has 1 heterocycles. The Kier molecular flexibility index (Phi) is 7.92. The van der Waals surface area contributed by atoms with E-state index in [0.717, 1.165) is 43.7 Å². The molecule has 0 aliphatic carbocycles. The van der Waals surface area contributed by atoms with Gasteiger partial charge in [-0.1, -0.05) is 44.9 Å². The van der Waals surface area contributed by atoms with Gasteiger partial charge in [0.25, 0.3) is 0 Å². The zero-order valence-electron chi connectivity index (χ0n) is 18.3. The van der Waals surface area contributed by atoms with Crippen molar-refractivity contribution in [2.75, 3.05) is 17.2 Å². The first-order valence-electron chi connectivity index (χ1n) is 10.7. The molecule has 8 heteroatoms. The van der Waals surface area contributed by atoms with Crippen molar-refractivity contribution in [2.24, 2.45) is 5.41 Å². The number of carbonyl (C=O) groups is 1. The highest BCUT2D eigenvalue weighted by Gasteiger charge is 2.41. The van der Waals surface area contributed by atoms with Gasteiger partial charge in [0.15, 0.2) is 0 Å². The minimum Gasteiger partial charge on any atom is -0.478 e. The number of benzene rings is 2. The number of aliphatic carboxylic acids is 1. The summed E-state index contributed by atoms with van der Waals surface area (Å²) in [4.78, 5) is 13.4. The molecule has 0 saturated heterocycles. The molecule has 1 unspecified atom stereocenters. The second-order valence-corrected chi connectivity index (χ2v) is 11.1. The van der Waals surface area contributed by atoms with Gasteiger partial charge in [0, 0.05) is 29.5 Å². The summed E-state index contributed by atoms with van der Waals surface area (Å²) in [5.41, 5.74) is 1.43. The molecule has 0 saturated carbocycles. The molecule has 32 heavy (non-hydrogen) atoms. The lowest BCUT2D eigenvalue weighted by Crippen LogP contribution is -2.37. The smallest absolute Gasteiger partial charge is 0.331 e. The second-order valence-electron chi connectivity index (χ2n) is 8.20. The zero-order valence-corrected chi connectivity index (χ0v) is 20.7. The van der Waals surface area contributed by atoms with E-state index in [2.05, 4.69) is 34.7 Å². The number of rotatable bonds is 8. The van der Waals surface area contributed by atoms with Crippen LogP contribution in [0.3, 0.4) is 0 Å². The standard InChI is InChI=1S/C24H30BrNO5S/c1-3-5-12-24(4-2)16-26(18-9-7-6-8-10-18)20-14-19(25)21(31-13-11-23(27)28)15-22(20)32(29,30)17-24/h6-11,13-15,29-30H,3-5,12,16-17H2,1-2H3,(H,27,28)/b13-11-. The SMILES string of the molecule is CCCCC1(CC)CN(c2ccccc2)c2cc(Br)c(O/C=C\C(=O)O)cc2S(O)(O)C1. The number of anilines is 2. The lowest BCUT2D eigenvalue weighted by Gasteiger charge is -2.41. The van der Waals surface area contributed by atoms with Gasteiger partial charge in [-0.25, -0.2) is 4.79 Å². The van der Waals surface area contributed by atoms with Crippen molar-refractivity contribution in [3.8, 4) is 5.75 Å². The molecule has 1 aliphatic rings. The predicted octanol–water partition coefficient (Wildman–Crippen LogP) is 7.27. The van der Waals surface area contributed by atoms with Crippen LogP contribution in [0.25, 0.3) is 0 Å². The normalized spacial score (nSPS) is 21.1. The fourth-order valence-electron chi connectivity index (χ4n) is 4.16. The van der Waals surface area contributed by atoms with Gasteiger partial charge in [-0.3, -0.25) is 9.11 Å². The molecule has 2 aromatic rings. The molecule has 174 valence electrons. The van der Waals surface area contributed by atoms with Crippen LogP contribution in [0.2, 0.25) is 0 Å². The van der Waals surface area contributed by atoms with Gasteiger partial charge in [-0.15, -0.1) is 0 Å². The number of halogens is 1. The lowest BCUT2D eigenvalue weighted by molar-refractivity contribution is -0.131. The lowest BCUT2D eigenvalue weighted by atomic mass is 9.81. The molecule has 0 amide bonds. The summed E-state index contributed by atoms with van der Waals surface area (Å²) >= 11 is 3.51. The Hall–Kier alpha value is -2.00. The number of hydrogen-bond donors (Lipinski definition) is 3. The van der Waals surface area contributed by atoms with Gasteiger partial charge in [0.1, 0.15) is 5.75 Å². The molecule has 3 rings (SSSR count). The molecular formula is C24H30BrNO5S. The van der Waals surface area contributed by atoms with Crippen molar-refractivity contribution in [2.45, 2.75) is 44.4 Å². The number of carboxylic acid groups (broad SMARTS) is 1. The van der Waals surface area contributed by atoms with E-state index in [0.29, 0.717) is 27.3 Å². The Morgan fingerprint density at radius 1 is 1.25 bits per heavy atom. The predicted molar refractivity (Wildman–Crippen MR) is 133 cm³/mol. The second kappa shape index (κ2) is 10.3. The summed E-state index contributed by atoms with van der Waals surface area (Å²) in [7, 11) is -3.13. The van der Waals surface area contributed by atoms with E-state index in [1.54, 1.807) is 6.07 Å². The third-order valence-electron chi connectivity index (χ3n) is 5.94. The average Bonchev–Trinajstić information content (AvgIpc) is 2.85. The summed E-state index contributed by atoms with van der Waals surface area (Å²) in [6.45, 7) is 4.93. The topological polar surface area (TPSA) is 90.2 Å². The maximum absolute atomic E-state index is 11.4. The van der Waals surface area contributed by atoms with Crippen LogP contribution in [-0.4, -0.2) is 32.5 Å². The number of ether oxygens (including phenoxy) is 1. The number of para-hydroxylation sites is 1. The Labute approximate surface area is 199 Å². The monoisotopic (exact) mass is 523 g/mol. The number of unbranched alkanes of at least 4 members (excludes halogenated alkanes) is 1. The van der Waals surface area contributed by atoms with Crippen LogP contribution in [0, 0.1) is 5.41 Å².